The molecule has 0 aromatic carbocycles. The molecule has 0 spiro atoms. The summed E-state index contributed by atoms with van der Waals surface area (Å²) in [5.74, 6) is 0.812. The van der Waals surface area contributed by atoms with Gasteiger partial charge in [0.05, 0.1) is 23.0 Å². The van der Waals surface area contributed by atoms with E-state index >= 15 is 0 Å². The van der Waals surface area contributed by atoms with Crippen LogP contribution in [-0.2, 0) is 6.54 Å². The molecule has 0 radical (unpaired) electrons. The van der Waals surface area contributed by atoms with Crippen LogP contribution in [0.2, 0.25) is 0 Å². The van der Waals surface area contributed by atoms with E-state index < -0.39 is 0 Å². The second-order valence-corrected chi connectivity index (χ2v) is 5.84. The fourth-order valence-electron chi connectivity index (χ4n) is 2.74. The Bertz CT molecular complexity index is 805. The highest BCUT2D eigenvalue weighted by molar-refractivity contribution is 5.92. The maximum absolute atomic E-state index is 9.91. The van der Waals surface area contributed by atoms with Crippen molar-refractivity contribution in [3.63, 3.8) is 0 Å². The van der Waals surface area contributed by atoms with Crippen molar-refractivity contribution < 1.29 is 5.11 Å². The van der Waals surface area contributed by atoms with E-state index in [0.717, 1.165) is 40.1 Å². The summed E-state index contributed by atoms with van der Waals surface area (Å²) in [5, 5.41) is 14.4. The number of aliphatic hydroxyl groups is 1. The lowest BCUT2D eigenvalue weighted by atomic mass is 10.2. The van der Waals surface area contributed by atoms with Gasteiger partial charge in [0.25, 0.3) is 0 Å². The van der Waals surface area contributed by atoms with Gasteiger partial charge in [0.15, 0.2) is 0 Å². The quantitative estimate of drug-likeness (QED) is 0.713. The molecule has 0 aliphatic rings. The van der Waals surface area contributed by atoms with Crippen molar-refractivity contribution in [3.8, 4) is 0 Å². The summed E-state index contributed by atoms with van der Waals surface area (Å²) in [4.78, 5) is 8.83. The summed E-state index contributed by atoms with van der Waals surface area (Å²) >= 11 is 0. The SMILES string of the molecule is CC.CCC(O)Cn1ccc2c(Nc3c(C)ccnc3C)nccc21. The van der Waals surface area contributed by atoms with Crippen LogP contribution in [0.25, 0.3) is 10.9 Å². The van der Waals surface area contributed by atoms with Gasteiger partial charge in [-0.05, 0) is 44.0 Å². The second kappa shape index (κ2) is 8.62. The first-order valence-electron chi connectivity index (χ1n) is 8.91. The zero-order valence-corrected chi connectivity index (χ0v) is 15.7. The molecule has 2 N–H and O–H groups in total. The van der Waals surface area contributed by atoms with Gasteiger partial charge >= 0.3 is 0 Å². The number of rotatable bonds is 5. The average molecular weight is 340 g/mol. The molecule has 5 nitrogen and oxygen atoms in total. The molecular formula is C20H28N4O. The van der Waals surface area contributed by atoms with E-state index in [0.29, 0.717) is 6.54 Å². The van der Waals surface area contributed by atoms with E-state index in [1.165, 1.54) is 0 Å². The third-order valence-corrected chi connectivity index (χ3v) is 4.17. The van der Waals surface area contributed by atoms with E-state index in [4.69, 9.17) is 0 Å². The lowest BCUT2D eigenvalue weighted by molar-refractivity contribution is 0.151. The number of hydrogen-bond acceptors (Lipinski definition) is 4. The molecule has 0 fully saturated rings. The molecule has 0 saturated carbocycles. The van der Waals surface area contributed by atoms with Gasteiger partial charge in [0, 0.05) is 30.5 Å². The summed E-state index contributed by atoms with van der Waals surface area (Å²) < 4.78 is 2.07. The number of pyridine rings is 2. The Hall–Kier alpha value is -2.40. The van der Waals surface area contributed by atoms with Crippen LogP contribution < -0.4 is 5.32 Å². The van der Waals surface area contributed by atoms with Crippen molar-refractivity contribution in [2.45, 2.75) is 53.7 Å². The van der Waals surface area contributed by atoms with Gasteiger partial charge in [-0.1, -0.05) is 20.8 Å². The maximum atomic E-state index is 9.91. The molecule has 5 heteroatoms. The lowest BCUT2D eigenvalue weighted by Gasteiger charge is -2.13. The van der Waals surface area contributed by atoms with Crippen molar-refractivity contribution in [1.29, 1.82) is 0 Å². The molecule has 1 unspecified atom stereocenters. The molecule has 3 aromatic rings. The highest BCUT2D eigenvalue weighted by Crippen LogP contribution is 2.28. The predicted molar refractivity (Wildman–Crippen MR) is 104 cm³/mol. The Morgan fingerprint density at radius 3 is 2.52 bits per heavy atom. The second-order valence-electron chi connectivity index (χ2n) is 5.84. The molecule has 3 rings (SSSR count). The summed E-state index contributed by atoms with van der Waals surface area (Å²) in [6.45, 7) is 10.6. The molecule has 25 heavy (non-hydrogen) atoms. The normalized spacial score (nSPS) is 11.8. The smallest absolute Gasteiger partial charge is 0.139 e. The molecular weight excluding hydrogens is 312 g/mol. The number of aliphatic hydroxyl groups excluding tert-OH is 1. The molecule has 0 bridgehead atoms. The van der Waals surface area contributed by atoms with Gasteiger partial charge in [-0.15, -0.1) is 0 Å². The minimum atomic E-state index is -0.335. The Balaban J connectivity index is 0.00000109. The van der Waals surface area contributed by atoms with E-state index in [9.17, 15) is 5.11 Å². The molecule has 134 valence electrons. The van der Waals surface area contributed by atoms with Crippen molar-refractivity contribution in [2.75, 3.05) is 5.32 Å². The van der Waals surface area contributed by atoms with Crippen molar-refractivity contribution >= 4 is 22.4 Å². The van der Waals surface area contributed by atoms with Crippen molar-refractivity contribution in [1.82, 2.24) is 14.5 Å². The summed E-state index contributed by atoms with van der Waals surface area (Å²) in [7, 11) is 0. The van der Waals surface area contributed by atoms with Gasteiger partial charge in [-0.25, -0.2) is 4.98 Å². The van der Waals surface area contributed by atoms with E-state index in [-0.39, 0.29) is 6.10 Å². The van der Waals surface area contributed by atoms with Gasteiger partial charge in [-0.3, -0.25) is 4.98 Å². The molecule has 3 heterocycles. The van der Waals surface area contributed by atoms with E-state index in [1.54, 1.807) is 6.20 Å². The first-order chi connectivity index (χ1) is 12.1. The molecule has 0 saturated heterocycles. The van der Waals surface area contributed by atoms with Crippen LogP contribution in [0.1, 0.15) is 38.4 Å². The van der Waals surface area contributed by atoms with Gasteiger partial charge in [-0.2, -0.15) is 0 Å². The molecule has 1 atom stereocenters. The van der Waals surface area contributed by atoms with Crippen LogP contribution in [0.3, 0.4) is 0 Å². The van der Waals surface area contributed by atoms with Crippen LogP contribution in [-0.4, -0.2) is 25.7 Å². The number of nitrogens with one attached hydrogen (secondary N) is 1. The van der Waals surface area contributed by atoms with Crippen molar-refractivity contribution in [3.05, 3.63) is 48.0 Å². The van der Waals surface area contributed by atoms with Crippen LogP contribution >= 0.6 is 0 Å². The highest BCUT2D eigenvalue weighted by atomic mass is 16.3. The Kier molecular flexibility index (Phi) is 6.53. The largest absolute Gasteiger partial charge is 0.391 e. The molecule has 3 aromatic heterocycles. The number of hydrogen-bond donors (Lipinski definition) is 2. The first-order valence-corrected chi connectivity index (χ1v) is 8.91. The summed E-state index contributed by atoms with van der Waals surface area (Å²) in [6, 6.07) is 6.00. The van der Waals surface area contributed by atoms with Crippen LogP contribution in [0.5, 0.6) is 0 Å². The molecule has 0 aliphatic carbocycles. The topological polar surface area (TPSA) is 63.0 Å². The third kappa shape index (κ3) is 4.17. The molecule has 0 aliphatic heterocycles. The lowest BCUT2D eigenvalue weighted by Crippen LogP contribution is -2.13. The zero-order valence-electron chi connectivity index (χ0n) is 15.7. The van der Waals surface area contributed by atoms with Crippen LogP contribution in [0.4, 0.5) is 11.5 Å². The minimum absolute atomic E-state index is 0.335. The first kappa shape index (κ1) is 18.9. The van der Waals surface area contributed by atoms with Gasteiger partial charge in [0.2, 0.25) is 0 Å². The number of aromatic nitrogens is 3. The Morgan fingerprint density at radius 2 is 1.84 bits per heavy atom. The minimum Gasteiger partial charge on any atom is -0.391 e. The van der Waals surface area contributed by atoms with Crippen molar-refractivity contribution in [2.24, 2.45) is 0 Å². The fraction of sp³-hybridized carbons (Fsp3) is 0.400. The monoisotopic (exact) mass is 340 g/mol. The zero-order chi connectivity index (χ0) is 18.4. The number of anilines is 2. The number of aryl methyl sites for hydroxylation is 2. The van der Waals surface area contributed by atoms with Gasteiger partial charge in [0.1, 0.15) is 5.82 Å². The highest BCUT2D eigenvalue weighted by Gasteiger charge is 2.11. The number of nitrogens with zero attached hydrogens (tertiary/aromatic N) is 3. The number of fused-ring (bicyclic) bond motifs is 1. The average Bonchev–Trinajstić information content (AvgIpc) is 3.03. The van der Waals surface area contributed by atoms with E-state index in [1.807, 2.05) is 58.3 Å². The maximum Gasteiger partial charge on any atom is 0.139 e. The van der Waals surface area contributed by atoms with Crippen LogP contribution in [0.15, 0.2) is 36.8 Å². The standard InChI is InChI=1S/C18H22N4O.C2H6/c1-4-14(23)11-22-10-7-15-16(22)6-9-20-18(15)21-17-12(2)5-8-19-13(17)3;1-2/h5-10,14,23H,4,11H2,1-3H3,(H,20,21);1-2H3. The summed E-state index contributed by atoms with van der Waals surface area (Å²) in [5.41, 5.74) is 4.14. The molecule has 0 amide bonds. The third-order valence-electron chi connectivity index (χ3n) is 4.17. The Morgan fingerprint density at radius 1 is 1.12 bits per heavy atom. The van der Waals surface area contributed by atoms with Gasteiger partial charge < -0.3 is 15.0 Å². The fourth-order valence-corrected chi connectivity index (χ4v) is 2.74. The van der Waals surface area contributed by atoms with E-state index in [2.05, 4.69) is 26.8 Å². The predicted octanol–water partition coefficient (Wildman–Crippen LogP) is 4.59. The Labute approximate surface area is 149 Å². The summed E-state index contributed by atoms with van der Waals surface area (Å²) in [6.07, 6.45) is 6.01. The van der Waals surface area contributed by atoms with Crippen LogP contribution in [0, 0.1) is 13.8 Å².